The van der Waals surface area contributed by atoms with Crippen LogP contribution >= 0.6 is 0 Å². The number of benzene rings is 1. The minimum atomic E-state index is -2.83. The van der Waals surface area contributed by atoms with Crippen LogP contribution in [0.1, 0.15) is 0 Å². The van der Waals surface area contributed by atoms with E-state index in [1.807, 2.05) is 0 Å². The SMILES string of the molecule is Nc1cnc(Nc2ccc(OC(F)F)cc2)cn1. The number of anilines is 3. The molecule has 1 heterocycles. The molecule has 0 saturated heterocycles. The molecule has 0 atom stereocenters. The average molecular weight is 252 g/mol. The molecular weight excluding hydrogens is 242 g/mol. The monoisotopic (exact) mass is 252 g/mol. The molecule has 0 aliphatic rings. The van der Waals surface area contributed by atoms with Crippen LogP contribution in [-0.4, -0.2) is 16.6 Å². The number of rotatable bonds is 4. The molecule has 0 aliphatic carbocycles. The Kier molecular flexibility index (Phi) is 3.52. The third kappa shape index (κ3) is 3.27. The van der Waals surface area contributed by atoms with Crippen molar-refractivity contribution < 1.29 is 13.5 Å². The summed E-state index contributed by atoms with van der Waals surface area (Å²) in [6.07, 6.45) is 2.88. The zero-order valence-corrected chi connectivity index (χ0v) is 9.18. The molecule has 5 nitrogen and oxygen atoms in total. The van der Waals surface area contributed by atoms with Crippen molar-refractivity contribution in [1.29, 1.82) is 0 Å². The molecule has 0 spiro atoms. The van der Waals surface area contributed by atoms with Crippen molar-refractivity contribution in [3.05, 3.63) is 36.7 Å². The van der Waals surface area contributed by atoms with Gasteiger partial charge in [-0.25, -0.2) is 9.97 Å². The van der Waals surface area contributed by atoms with Gasteiger partial charge in [0.25, 0.3) is 0 Å². The minimum absolute atomic E-state index is 0.0962. The van der Waals surface area contributed by atoms with Gasteiger partial charge in [-0.05, 0) is 24.3 Å². The maximum atomic E-state index is 11.9. The van der Waals surface area contributed by atoms with Gasteiger partial charge in [-0.15, -0.1) is 0 Å². The Morgan fingerprint density at radius 2 is 1.83 bits per heavy atom. The van der Waals surface area contributed by atoms with E-state index in [1.165, 1.54) is 24.5 Å². The van der Waals surface area contributed by atoms with Crippen molar-refractivity contribution in [2.45, 2.75) is 6.61 Å². The lowest BCUT2D eigenvalue weighted by Gasteiger charge is -2.07. The van der Waals surface area contributed by atoms with Crippen LogP contribution < -0.4 is 15.8 Å². The number of alkyl halides is 2. The fourth-order valence-corrected chi connectivity index (χ4v) is 1.27. The molecule has 0 radical (unpaired) electrons. The van der Waals surface area contributed by atoms with Gasteiger partial charge in [0, 0.05) is 5.69 Å². The molecule has 2 rings (SSSR count). The number of nitrogens with zero attached hydrogens (tertiary/aromatic N) is 2. The van der Waals surface area contributed by atoms with Gasteiger partial charge in [0.05, 0.1) is 12.4 Å². The molecular formula is C11H10F2N4O. The van der Waals surface area contributed by atoms with E-state index in [-0.39, 0.29) is 5.75 Å². The smallest absolute Gasteiger partial charge is 0.387 e. The third-order valence-corrected chi connectivity index (χ3v) is 2.02. The first kappa shape index (κ1) is 12.0. The van der Waals surface area contributed by atoms with Crippen LogP contribution in [0.2, 0.25) is 0 Å². The summed E-state index contributed by atoms with van der Waals surface area (Å²) in [6.45, 7) is -2.83. The van der Waals surface area contributed by atoms with Crippen LogP contribution in [0.25, 0.3) is 0 Å². The van der Waals surface area contributed by atoms with Crippen LogP contribution in [0, 0.1) is 0 Å². The van der Waals surface area contributed by atoms with Gasteiger partial charge in [0.15, 0.2) is 0 Å². The fourth-order valence-electron chi connectivity index (χ4n) is 1.27. The predicted molar refractivity (Wildman–Crippen MR) is 62.8 cm³/mol. The van der Waals surface area contributed by atoms with Gasteiger partial charge >= 0.3 is 6.61 Å². The number of hydrogen-bond donors (Lipinski definition) is 2. The molecule has 94 valence electrons. The number of nitrogen functional groups attached to an aromatic ring is 1. The topological polar surface area (TPSA) is 73.1 Å². The van der Waals surface area contributed by atoms with Crippen LogP contribution in [0.4, 0.5) is 26.1 Å². The number of ether oxygens (including phenoxy) is 1. The van der Waals surface area contributed by atoms with Crippen LogP contribution in [0.3, 0.4) is 0 Å². The molecule has 0 amide bonds. The molecule has 2 aromatic rings. The molecule has 7 heteroatoms. The summed E-state index contributed by atoms with van der Waals surface area (Å²) in [7, 11) is 0. The Morgan fingerprint density at radius 1 is 1.11 bits per heavy atom. The zero-order chi connectivity index (χ0) is 13.0. The van der Waals surface area contributed by atoms with Crippen molar-refractivity contribution in [3.8, 4) is 5.75 Å². The molecule has 0 bridgehead atoms. The first-order chi connectivity index (χ1) is 8.63. The van der Waals surface area contributed by atoms with E-state index in [2.05, 4.69) is 20.0 Å². The van der Waals surface area contributed by atoms with E-state index in [9.17, 15) is 8.78 Å². The summed E-state index contributed by atoms with van der Waals surface area (Å²) in [5.41, 5.74) is 6.07. The second kappa shape index (κ2) is 5.26. The molecule has 18 heavy (non-hydrogen) atoms. The summed E-state index contributed by atoms with van der Waals surface area (Å²) in [5.74, 6) is 0.923. The Hall–Kier alpha value is -2.44. The predicted octanol–water partition coefficient (Wildman–Crippen LogP) is 2.40. The Morgan fingerprint density at radius 3 is 2.39 bits per heavy atom. The summed E-state index contributed by atoms with van der Waals surface area (Å²) in [5, 5.41) is 2.94. The summed E-state index contributed by atoms with van der Waals surface area (Å²) in [4.78, 5) is 7.86. The summed E-state index contributed by atoms with van der Waals surface area (Å²) in [6, 6.07) is 6.05. The molecule has 0 saturated carbocycles. The van der Waals surface area contributed by atoms with E-state index in [0.29, 0.717) is 17.3 Å². The van der Waals surface area contributed by atoms with Gasteiger partial charge in [0.2, 0.25) is 0 Å². The second-order valence-corrected chi connectivity index (χ2v) is 3.35. The van der Waals surface area contributed by atoms with Gasteiger partial charge in [-0.1, -0.05) is 0 Å². The summed E-state index contributed by atoms with van der Waals surface area (Å²) >= 11 is 0. The Bertz CT molecular complexity index is 501. The highest BCUT2D eigenvalue weighted by Gasteiger charge is 2.03. The van der Waals surface area contributed by atoms with Gasteiger partial charge in [0.1, 0.15) is 17.4 Å². The highest BCUT2D eigenvalue weighted by Crippen LogP contribution is 2.19. The van der Waals surface area contributed by atoms with Gasteiger partial charge in [-0.3, -0.25) is 0 Å². The number of aromatic nitrogens is 2. The van der Waals surface area contributed by atoms with Gasteiger partial charge < -0.3 is 15.8 Å². The molecule has 1 aromatic heterocycles. The molecule has 0 fully saturated rings. The largest absolute Gasteiger partial charge is 0.435 e. The van der Waals surface area contributed by atoms with Crippen molar-refractivity contribution in [1.82, 2.24) is 9.97 Å². The third-order valence-electron chi connectivity index (χ3n) is 2.02. The summed E-state index contributed by atoms with van der Waals surface area (Å²) < 4.78 is 28.1. The zero-order valence-electron chi connectivity index (χ0n) is 9.18. The van der Waals surface area contributed by atoms with Crippen LogP contribution in [-0.2, 0) is 0 Å². The standard InChI is InChI=1S/C11H10F2N4O/c12-11(13)18-8-3-1-7(2-4-8)17-10-6-15-9(14)5-16-10/h1-6,11H,(H2,14,15)(H,16,17). The number of hydrogen-bond acceptors (Lipinski definition) is 5. The minimum Gasteiger partial charge on any atom is -0.435 e. The lowest BCUT2D eigenvalue weighted by Crippen LogP contribution is -2.02. The molecule has 1 aromatic carbocycles. The fraction of sp³-hybridized carbons (Fsp3) is 0.0909. The lowest BCUT2D eigenvalue weighted by atomic mass is 10.3. The number of halogens is 2. The van der Waals surface area contributed by atoms with E-state index in [0.717, 1.165) is 0 Å². The maximum Gasteiger partial charge on any atom is 0.387 e. The molecule has 0 unspecified atom stereocenters. The van der Waals surface area contributed by atoms with E-state index in [4.69, 9.17) is 5.73 Å². The average Bonchev–Trinajstić information content (AvgIpc) is 2.34. The molecule has 0 aliphatic heterocycles. The highest BCUT2D eigenvalue weighted by molar-refractivity contribution is 5.56. The quantitative estimate of drug-likeness (QED) is 0.874. The number of nitrogens with one attached hydrogen (secondary N) is 1. The molecule has 3 N–H and O–H groups in total. The van der Waals surface area contributed by atoms with E-state index in [1.54, 1.807) is 12.1 Å². The maximum absolute atomic E-state index is 11.9. The van der Waals surface area contributed by atoms with E-state index < -0.39 is 6.61 Å². The van der Waals surface area contributed by atoms with Crippen molar-refractivity contribution in [2.75, 3.05) is 11.1 Å². The van der Waals surface area contributed by atoms with Crippen molar-refractivity contribution >= 4 is 17.3 Å². The first-order valence-corrected chi connectivity index (χ1v) is 5.03. The van der Waals surface area contributed by atoms with Crippen LogP contribution in [0.15, 0.2) is 36.7 Å². The van der Waals surface area contributed by atoms with Gasteiger partial charge in [-0.2, -0.15) is 8.78 Å². The number of nitrogens with two attached hydrogens (primary N) is 1. The first-order valence-electron chi connectivity index (χ1n) is 5.03. The second-order valence-electron chi connectivity index (χ2n) is 3.35. The Labute approximate surface area is 102 Å². The normalized spacial score (nSPS) is 10.4. The van der Waals surface area contributed by atoms with Crippen molar-refractivity contribution in [3.63, 3.8) is 0 Å². The van der Waals surface area contributed by atoms with E-state index >= 15 is 0 Å². The lowest BCUT2D eigenvalue weighted by molar-refractivity contribution is -0.0498. The van der Waals surface area contributed by atoms with Crippen LogP contribution in [0.5, 0.6) is 5.75 Å². The van der Waals surface area contributed by atoms with Crippen molar-refractivity contribution in [2.24, 2.45) is 0 Å². The Balaban J connectivity index is 2.04. The highest BCUT2D eigenvalue weighted by atomic mass is 19.3.